The number of pyridine rings is 1. The van der Waals surface area contributed by atoms with Crippen molar-refractivity contribution in [3.05, 3.63) is 48.4 Å². The Morgan fingerprint density at radius 1 is 1.24 bits per heavy atom. The Kier molecular flexibility index (Phi) is 7.03. The SMILES string of the molecule is CC1CCC(CC(C)n2ncc(COc3ccc(N=CNN)nc3)n2)N1c1ncc(F)cn1. The standard InChI is InChI=1S/C21H27FN10O/c1-14-3-4-18(31(14)21-25-8-16(22)9-26-21)7-15(2)32-29-10-17(30-32)12-33-19-5-6-20(24-11-19)27-13-28-23/h5-6,8-11,13-15,18H,3-4,7,12,23H2,1-2H3,(H,24,27,28). The Labute approximate surface area is 190 Å². The maximum Gasteiger partial charge on any atom is 0.225 e. The topological polar surface area (TPSA) is 132 Å². The van der Waals surface area contributed by atoms with Crippen LogP contribution in [-0.4, -0.2) is 48.4 Å². The molecule has 4 rings (SSSR count). The van der Waals surface area contributed by atoms with E-state index in [1.165, 1.54) is 18.7 Å². The number of aromatic nitrogens is 6. The second-order valence-corrected chi connectivity index (χ2v) is 8.00. The fourth-order valence-corrected chi connectivity index (χ4v) is 3.97. The van der Waals surface area contributed by atoms with E-state index in [0.29, 0.717) is 23.6 Å². The smallest absolute Gasteiger partial charge is 0.225 e. The van der Waals surface area contributed by atoms with Crippen molar-refractivity contribution in [3.8, 4) is 5.75 Å². The van der Waals surface area contributed by atoms with Gasteiger partial charge in [-0.25, -0.2) is 30.2 Å². The summed E-state index contributed by atoms with van der Waals surface area (Å²) >= 11 is 0. The first kappa shape index (κ1) is 22.5. The lowest BCUT2D eigenvalue weighted by Gasteiger charge is -2.30. The number of ether oxygens (including phenoxy) is 1. The highest BCUT2D eigenvalue weighted by Gasteiger charge is 2.34. The lowest BCUT2D eigenvalue weighted by atomic mass is 10.1. The summed E-state index contributed by atoms with van der Waals surface area (Å²) in [5.74, 6) is 6.39. The summed E-state index contributed by atoms with van der Waals surface area (Å²) in [4.78, 5) is 20.4. The van der Waals surface area contributed by atoms with Crippen molar-refractivity contribution < 1.29 is 9.13 Å². The van der Waals surface area contributed by atoms with Gasteiger partial charge in [-0.2, -0.15) is 15.0 Å². The zero-order valence-electron chi connectivity index (χ0n) is 18.5. The number of nitrogens with one attached hydrogen (secondary N) is 1. The van der Waals surface area contributed by atoms with Crippen LogP contribution in [0.4, 0.5) is 16.2 Å². The highest BCUT2D eigenvalue weighted by molar-refractivity contribution is 5.58. The van der Waals surface area contributed by atoms with Crippen LogP contribution in [0.3, 0.4) is 0 Å². The Morgan fingerprint density at radius 2 is 2.06 bits per heavy atom. The third-order valence-electron chi connectivity index (χ3n) is 5.57. The lowest BCUT2D eigenvalue weighted by Crippen LogP contribution is -2.37. The van der Waals surface area contributed by atoms with Crippen LogP contribution in [0, 0.1) is 5.82 Å². The molecule has 3 aromatic heterocycles. The maximum absolute atomic E-state index is 13.2. The molecule has 1 saturated heterocycles. The van der Waals surface area contributed by atoms with Crippen molar-refractivity contribution in [2.24, 2.45) is 10.8 Å². The molecule has 12 heteroatoms. The van der Waals surface area contributed by atoms with E-state index in [2.05, 4.69) is 54.3 Å². The summed E-state index contributed by atoms with van der Waals surface area (Å²) in [6, 6.07) is 4.08. The molecule has 11 nitrogen and oxygen atoms in total. The lowest BCUT2D eigenvalue weighted by molar-refractivity contribution is 0.295. The molecule has 3 N–H and O–H groups in total. The largest absolute Gasteiger partial charge is 0.486 e. The van der Waals surface area contributed by atoms with Gasteiger partial charge in [0.2, 0.25) is 5.95 Å². The van der Waals surface area contributed by atoms with E-state index in [1.54, 1.807) is 29.3 Å². The fraction of sp³-hybridized carbons (Fsp3) is 0.429. The van der Waals surface area contributed by atoms with E-state index in [0.717, 1.165) is 25.0 Å². The van der Waals surface area contributed by atoms with Gasteiger partial charge < -0.3 is 15.1 Å². The van der Waals surface area contributed by atoms with Crippen LogP contribution in [0.15, 0.2) is 41.9 Å². The van der Waals surface area contributed by atoms with Gasteiger partial charge in [0, 0.05) is 12.1 Å². The molecule has 0 amide bonds. The van der Waals surface area contributed by atoms with Crippen molar-refractivity contribution in [3.63, 3.8) is 0 Å². The molecule has 0 radical (unpaired) electrons. The molecule has 1 aliphatic rings. The third-order valence-corrected chi connectivity index (χ3v) is 5.57. The van der Waals surface area contributed by atoms with Crippen molar-refractivity contribution in [2.45, 2.75) is 57.8 Å². The molecule has 4 heterocycles. The van der Waals surface area contributed by atoms with Crippen LogP contribution < -0.4 is 20.9 Å². The van der Waals surface area contributed by atoms with Gasteiger partial charge in [0.25, 0.3) is 0 Å². The predicted molar refractivity (Wildman–Crippen MR) is 120 cm³/mol. The average molecular weight is 455 g/mol. The highest BCUT2D eigenvalue weighted by Crippen LogP contribution is 2.32. The number of hydrogen-bond donors (Lipinski definition) is 2. The number of anilines is 1. The second-order valence-electron chi connectivity index (χ2n) is 8.00. The molecule has 0 saturated carbocycles. The van der Waals surface area contributed by atoms with Gasteiger partial charge in [-0.15, -0.1) is 0 Å². The van der Waals surface area contributed by atoms with Crippen LogP contribution in [-0.2, 0) is 6.61 Å². The average Bonchev–Trinajstić information content (AvgIpc) is 3.44. The molecule has 0 aliphatic carbocycles. The minimum Gasteiger partial charge on any atom is -0.486 e. The first-order chi connectivity index (χ1) is 16.0. The Balaban J connectivity index is 1.34. The number of nitrogens with two attached hydrogens (primary N) is 1. The molecule has 1 fully saturated rings. The minimum atomic E-state index is -0.435. The van der Waals surface area contributed by atoms with E-state index >= 15 is 0 Å². The van der Waals surface area contributed by atoms with Gasteiger partial charge in [0.15, 0.2) is 11.6 Å². The van der Waals surface area contributed by atoms with Crippen LogP contribution in [0.1, 0.15) is 44.8 Å². The maximum atomic E-state index is 13.2. The van der Waals surface area contributed by atoms with Crippen LogP contribution in [0.5, 0.6) is 5.75 Å². The summed E-state index contributed by atoms with van der Waals surface area (Å²) in [6.07, 6.45) is 9.93. The second kappa shape index (κ2) is 10.3. The number of nitrogens with zero attached hydrogens (tertiary/aromatic N) is 8. The quantitative estimate of drug-likeness (QED) is 0.216. The zero-order valence-corrected chi connectivity index (χ0v) is 18.5. The molecular weight excluding hydrogens is 427 g/mol. The normalized spacial score (nSPS) is 19.2. The first-order valence-corrected chi connectivity index (χ1v) is 10.8. The van der Waals surface area contributed by atoms with Gasteiger partial charge in [-0.3, -0.25) is 0 Å². The van der Waals surface area contributed by atoms with E-state index < -0.39 is 5.82 Å². The number of hydrogen-bond acceptors (Lipinski definition) is 9. The van der Waals surface area contributed by atoms with E-state index in [1.807, 2.05) is 0 Å². The van der Waals surface area contributed by atoms with Crippen LogP contribution >= 0.6 is 0 Å². The van der Waals surface area contributed by atoms with Crippen molar-refractivity contribution in [1.29, 1.82) is 0 Å². The monoisotopic (exact) mass is 454 g/mol. The summed E-state index contributed by atoms with van der Waals surface area (Å²) in [5.41, 5.74) is 3.04. The summed E-state index contributed by atoms with van der Waals surface area (Å²) in [7, 11) is 0. The molecule has 33 heavy (non-hydrogen) atoms. The Bertz CT molecular complexity index is 1060. The molecule has 1 aliphatic heterocycles. The molecular formula is C21H27FN10O. The molecule has 0 aromatic carbocycles. The van der Waals surface area contributed by atoms with Gasteiger partial charge >= 0.3 is 0 Å². The first-order valence-electron chi connectivity index (χ1n) is 10.8. The van der Waals surface area contributed by atoms with Crippen molar-refractivity contribution in [2.75, 3.05) is 4.90 Å². The van der Waals surface area contributed by atoms with E-state index in [9.17, 15) is 4.39 Å². The predicted octanol–water partition coefficient (Wildman–Crippen LogP) is 2.31. The fourth-order valence-electron chi connectivity index (χ4n) is 3.97. The van der Waals surface area contributed by atoms with Gasteiger partial charge in [-0.05, 0) is 45.2 Å². The van der Waals surface area contributed by atoms with Crippen molar-refractivity contribution >= 4 is 18.1 Å². The Hall–Kier alpha value is -3.67. The van der Waals surface area contributed by atoms with Gasteiger partial charge in [0.05, 0.1) is 30.8 Å². The summed E-state index contributed by atoms with van der Waals surface area (Å²) in [5, 5.41) is 8.99. The number of aliphatic imine (C=N–C) groups is 1. The zero-order chi connectivity index (χ0) is 23.2. The van der Waals surface area contributed by atoms with E-state index in [4.69, 9.17) is 10.6 Å². The number of hydrazine groups is 1. The Morgan fingerprint density at radius 3 is 2.79 bits per heavy atom. The molecule has 174 valence electrons. The van der Waals surface area contributed by atoms with Gasteiger partial charge in [-0.1, -0.05) is 0 Å². The third kappa shape index (κ3) is 5.58. The van der Waals surface area contributed by atoms with Crippen molar-refractivity contribution in [1.82, 2.24) is 35.4 Å². The molecule has 0 spiro atoms. The molecule has 0 bridgehead atoms. The number of halogens is 1. The minimum absolute atomic E-state index is 0.0620. The number of rotatable bonds is 9. The van der Waals surface area contributed by atoms with E-state index in [-0.39, 0.29) is 18.7 Å². The summed E-state index contributed by atoms with van der Waals surface area (Å²) < 4.78 is 19.0. The highest BCUT2D eigenvalue weighted by atomic mass is 19.1. The molecule has 3 aromatic rings. The van der Waals surface area contributed by atoms with Gasteiger partial charge in [0.1, 0.15) is 24.4 Å². The van der Waals surface area contributed by atoms with Crippen LogP contribution in [0.25, 0.3) is 0 Å². The van der Waals surface area contributed by atoms with Crippen LogP contribution in [0.2, 0.25) is 0 Å². The summed E-state index contributed by atoms with van der Waals surface area (Å²) in [6.45, 7) is 4.50. The molecule has 3 atom stereocenters. The molecule has 3 unspecified atom stereocenters.